The quantitative estimate of drug-likeness (QED) is 0.243. The minimum Gasteiger partial charge on any atom is -0.463 e. The van der Waals surface area contributed by atoms with Crippen molar-refractivity contribution in [2.75, 3.05) is 6.61 Å². The van der Waals surface area contributed by atoms with Gasteiger partial charge in [0, 0.05) is 40.0 Å². The summed E-state index contributed by atoms with van der Waals surface area (Å²) >= 11 is 0. The van der Waals surface area contributed by atoms with Gasteiger partial charge in [0.25, 0.3) is 0 Å². The molecular weight excluding hydrogens is 500 g/mol. The molecule has 38 heavy (non-hydrogen) atoms. The zero-order valence-electron chi connectivity index (χ0n) is 23.2. The summed E-state index contributed by atoms with van der Waals surface area (Å²) in [7, 11) is 0. The fourth-order valence-electron chi connectivity index (χ4n) is 4.81. The van der Waals surface area contributed by atoms with Gasteiger partial charge >= 0.3 is 23.9 Å². The molecule has 0 bridgehead atoms. The van der Waals surface area contributed by atoms with Gasteiger partial charge in [-0.2, -0.15) is 0 Å². The van der Waals surface area contributed by atoms with Crippen LogP contribution in [0.1, 0.15) is 61.8 Å². The predicted molar refractivity (Wildman–Crippen MR) is 132 cm³/mol. The molecule has 0 radical (unpaired) electrons. The van der Waals surface area contributed by atoms with Gasteiger partial charge in [-0.25, -0.2) is 0 Å². The lowest BCUT2D eigenvalue weighted by molar-refractivity contribution is -0.312. The number of ether oxygens (including phenoxy) is 6. The Bertz CT molecular complexity index is 980. The van der Waals surface area contributed by atoms with Gasteiger partial charge in [0.05, 0.1) is 6.10 Å². The number of allylic oxidation sites excluding steroid dienone is 3. The van der Waals surface area contributed by atoms with Crippen LogP contribution in [0.5, 0.6) is 0 Å². The number of carbonyl (C=O) groups is 5. The maximum Gasteiger partial charge on any atom is 0.303 e. The van der Waals surface area contributed by atoms with E-state index in [1.165, 1.54) is 13.8 Å². The van der Waals surface area contributed by atoms with Crippen molar-refractivity contribution >= 4 is 29.7 Å². The number of carbonyl (C=O) groups excluding carboxylic acids is 5. The minimum atomic E-state index is -1.30. The first-order chi connectivity index (χ1) is 17.6. The molecule has 0 amide bonds. The van der Waals surface area contributed by atoms with Crippen LogP contribution in [0.4, 0.5) is 0 Å². The highest BCUT2D eigenvalue weighted by molar-refractivity contribution is 5.92. The summed E-state index contributed by atoms with van der Waals surface area (Å²) in [5.74, 6) is -2.67. The first kappa shape index (κ1) is 31.2. The van der Waals surface area contributed by atoms with Crippen molar-refractivity contribution in [3.05, 3.63) is 23.8 Å². The fraction of sp³-hybridized carbons (Fsp3) is 0.667. The van der Waals surface area contributed by atoms with Gasteiger partial charge in [-0.3, -0.25) is 24.0 Å². The highest BCUT2D eigenvalue weighted by Gasteiger charge is 2.53. The van der Waals surface area contributed by atoms with Crippen LogP contribution in [0.15, 0.2) is 23.8 Å². The van der Waals surface area contributed by atoms with E-state index in [9.17, 15) is 24.0 Å². The summed E-state index contributed by atoms with van der Waals surface area (Å²) in [5.41, 5.74) is 0.641. The second-order valence-corrected chi connectivity index (χ2v) is 10.3. The van der Waals surface area contributed by atoms with Crippen molar-refractivity contribution in [2.45, 2.75) is 98.6 Å². The first-order valence-electron chi connectivity index (χ1n) is 12.5. The van der Waals surface area contributed by atoms with E-state index in [-0.39, 0.29) is 23.7 Å². The lowest BCUT2D eigenvalue weighted by Gasteiger charge is -2.44. The Kier molecular flexibility index (Phi) is 10.8. The van der Waals surface area contributed by atoms with Crippen molar-refractivity contribution in [1.82, 2.24) is 0 Å². The lowest BCUT2D eigenvalue weighted by atomic mass is 9.68. The van der Waals surface area contributed by atoms with Gasteiger partial charge in [-0.15, -0.1) is 0 Å². The zero-order valence-corrected chi connectivity index (χ0v) is 23.2. The van der Waals surface area contributed by atoms with Gasteiger partial charge in [-0.1, -0.05) is 31.6 Å². The SMILES string of the molecule is CC(=O)OC[C@H]1O[C@@H](OC(C)/C=C/C2C(C)=CC(=O)CC2(C)C)[C@H](OC(C)=O)[C@@H](OC(C)=O)[C@@H]1OC(C)=O. The summed E-state index contributed by atoms with van der Waals surface area (Å²) in [6.45, 7) is 12.0. The third-order valence-electron chi connectivity index (χ3n) is 6.22. The largest absolute Gasteiger partial charge is 0.463 e. The molecule has 11 heteroatoms. The lowest BCUT2D eigenvalue weighted by Crippen LogP contribution is -2.63. The van der Waals surface area contributed by atoms with E-state index >= 15 is 0 Å². The summed E-state index contributed by atoms with van der Waals surface area (Å²) in [6, 6.07) is 0. The van der Waals surface area contributed by atoms with E-state index in [2.05, 4.69) is 0 Å². The molecule has 0 aromatic carbocycles. The summed E-state index contributed by atoms with van der Waals surface area (Å²) in [4.78, 5) is 59.3. The molecular formula is C27H38O11. The topological polar surface area (TPSA) is 141 Å². The summed E-state index contributed by atoms with van der Waals surface area (Å²) < 4.78 is 33.3. The van der Waals surface area contributed by atoms with E-state index in [4.69, 9.17) is 28.4 Å². The molecule has 0 spiro atoms. The third kappa shape index (κ3) is 8.76. The van der Waals surface area contributed by atoms with Crippen LogP contribution in [0.3, 0.4) is 0 Å². The molecule has 1 aliphatic carbocycles. The Morgan fingerprint density at radius 2 is 1.53 bits per heavy atom. The van der Waals surface area contributed by atoms with E-state index in [0.29, 0.717) is 6.42 Å². The predicted octanol–water partition coefficient (Wildman–Crippen LogP) is 2.59. The van der Waals surface area contributed by atoms with Gasteiger partial charge in [0.1, 0.15) is 12.7 Å². The monoisotopic (exact) mass is 538 g/mol. The number of rotatable bonds is 9. The fourth-order valence-corrected chi connectivity index (χ4v) is 4.81. The zero-order chi connectivity index (χ0) is 28.8. The number of esters is 4. The van der Waals surface area contributed by atoms with Crippen LogP contribution < -0.4 is 0 Å². The highest BCUT2D eigenvalue weighted by Crippen LogP contribution is 2.40. The van der Waals surface area contributed by atoms with Gasteiger partial charge in [0.2, 0.25) is 0 Å². The Morgan fingerprint density at radius 3 is 2.05 bits per heavy atom. The second kappa shape index (κ2) is 13.1. The molecule has 1 saturated heterocycles. The van der Waals surface area contributed by atoms with E-state index in [1.807, 2.05) is 26.8 Å². The van der Waals surface area contributed by atoms with Gasteiger partial charge in [-0.05, 0) is 25.3 Å². The Morgan fingerprint density at radius 1 is 0.974 bits per heavy atom. The summed E-state index contributed by atoms with van der Waals surface area (Å²) in [6.07, 6.45) is -0.987. The van der Waals surface area contributed by atoms with Crippen molar-refractivity contribution in [3.8, 4) is 0 Å². The maximum atomic E-state index is 12.0. The molecule has 1 heterocycles. The number of ketones is 1. The van der Waals surface area contributed by atoms with Crippen LogP contribution in [0, 0.1) is 11.3 Å². The molecule has 7 atom stereocenters. The molecule has 2 rings (SSSR count). The standard InChI is InChI=1S/C27H38O11/c1-14-11-20(32)12-27(7,8)21(14)10-9-15(2)34-26-25(37-19(6)31)24(36-18(5)30)23(35-17(4)29)22(38-26)13-33-16(3)28/h9-11,15,21-26H,12-13H2,1-8H3/b10-9+/t15?,21?,22-,23-,24+,25-,26-/m1/s1. The van der Waals surface area contributed by atoms with Crippen molar-refractivity contribution in [3.63, 3.8) is 0 Å². The normalized spacial score (nSPS) is 29.7. The molecule has 2 aliphatic rings. The average molecular weight is 539 g/mol. The van der Waals surface area contributed by atoms with Crippen LogP contribution in [-0.4, -0.2) is 73.1 Å². The van der Waals surface area contributed by atoms with Crippen molar-refractivity contribution in [2.24, 2.45) is 11.3 Å². The van der Waals surface area contributed by atoms with E-state index < -0.39 is 60.7 Å². The van der Waals surface area contributed by atoms with Crippen molar-refractivity contribution in [1.29, 1.82) is 0 Å². The van der Waals surface area contributed by atoms with Crippen LogP contribution in [0.25, 0.3) is 0 Å². The molecule has 1 fully saturated rings. The molecule has 212 valence electrons. The van der Waals surface area contributed by atoms with Crippen LogP contribution in [-0.2, 0) is 52.4 Å². The van der Waals surface area contributed by atoms with E-state index in [0.717, 1.165) is 19.4 Å². The molecule has 0 aromatic heterocycles. The molecule has 0 N–H and O–H groups in total. The second-order valence-electron chi connectivity index (χ2n) is 10.3. The molecule has 2 unspecified atom stereocenters. The number of hydrogen-bond donors (Lipinski definition) is 0. The molecule has 11 nitrogen and oxygen atoms in total. The van der Waals surface area contributed by atoms with Crippen molar-refractivity contribution < 1.29 is 52.4 Å². The number of hydrogen-bond acceptors (Lipinski definition) is 11. The molecule has 0 saturated carbocycles. The molecule has 1 aliphatic heterocycles. The maximum absolute atomic E-state index is 12.0. The van der Waals surface area contributed by atoms with Gasteiger partial charge < -0.3 is 28.4 Å². The highest BCUT2D eigenvalue weighted by atomic mass is 16.7. The minimum absolute atomic E-state index is 0.0124. The third-order valence-corrected chi connectivity index (χ3v) is 6.22. The summed E-state index contributed by atoms with van der Waals surface area (Å²) in [5, 5.41) is 0. The Labute approximate surface area is 222 Å². The molecule has 0 aromatic rings. The average Bonchev–Trinajstić information content (AvgIpc) is 2.74. The van der Waals surface area contributed by atoms with Crippen LogP contribution >= 0.6 is 0 Å². The van der Waals surface area contributed by atoms with Gasteiger partial charge in [0.15, 0.2) is 30.4 Å². The van der Waals surface area contributed by atoms with Crippen LogP contribution in [0.2, 0.25) is 0 Å². The smallest absolute Gasteiger partial charge is 0.303 e. The Balaban J connectivity index is 2.37. The Hall–Kier alpha value is -3.05. The van der Waals surface area contributed by atoms with E-state index in [1.54, 1.807) is 19.1 Å². The first-order valence-corrected chi connectivity index (χ1v) is 12.5.